The van der Waals surface area contributed by atoms with Crippen molar-refractivity contribution in [3.05, 3.63) is 35.1 Å². The van der Waals surface area contributed by atoms with E-state index in [0.717, 1.165) is 0 Å². The van der Waals surface area contributed by atoms with E-state index in [1.165, 1.54) is 12.0 Å². The summed E-state index contributed by atoms with van der Waals surface area (Å²) < 4.78 is 16.3. The minimum Gasteiger partial charge on any atom is -0.503 e. The smallest absolute Gasteiger partial charge is 0.290 e. The largest absolute Gasteiger partial charge is 0.503 e. The summed E-state index contributed by atoms with van der Waals surface area (Å²) in [5.74, 6) is -0.153. The number of ketones is 1. The highest BCUT2D eigenvalue weighted by Crippen LogP contribution is 2.43. The standard InChI is InChI=1S/C20H25NO6/c1-20(2,3)18(23)15-16(21(7-8-25-4)19(24)17(15)22)12-5-6-13-14(11-12)27-10-9-26-13/h5-6,11,16,22H,7-10H2,1-4H3. The van der Waals surface area contributed by atoms with Crippen LogP contribution in [0.4, 0.5) is 0 Å². The van der Waals surface area contributed by atoms with E-state index < -0.39 is 23.1 Å². The molecule has 1 unspecified atom stereocenters. The lowest BCUT2D eigenvalue weighted by Crippen LogP contribution is -2.35. The van der Waals surface area contributed by atoms with Gasteiger partial charge in [-0.3, -0.25) is 9.59 Å². The Morgan fingerprint density at radius 3 is 2.56 bits per heavy atom. The van der Waals surface area contributed by atoms with Gasteiger partial charge in [0, 0.05) is 19.1 Å². The fourth-order valence-electron chi connectivity index (χ4n) is 3.29. The number of amides is 1. The molecular formula is C20H25NO6. The molecule has 2 aliphatic heterocycles. The maximum Gasteiger partial charge on any atom is 0.290 e. The molecule has 1 aromatic carbocycles. The maximum atomic E-state index is 13.0. The van der Waals surface area contributed by atoms with Gasteiger partial charge < -0.3 is 24.2 Å². The highest BCUT2D eigenvalue weighted by Gasteiger charge is 2.46. The third kappa shape index (κ3) is 3.51. The van der Waals surface area contributed by atoms with Crippen LogP contribution in [0.2, 0.25) is 0 Å². The van der Waals surface area contributed by atoms with Crippen molar-refractivity contribution in [1.82, 2.24) is 4.90 Å². The van der Waals surface area contributed by atoms with E-state index in [0.29, 0.717) is 30.3 Å². The van der Waals surface area contributed by atoms with Gasteiger partial charge in [0.2, 0.25) is 0 Å². The molecule has 146 valence electrons. The minimum absolute atomic E-state index is 0.111. The van der Waals surface area contributed by atoms with Gasteiger partial charge in [-0.15, -0.1) is 0 Å². The van der Waals surface area contributed by atoms with Crippen LogP contribution in [0, 0.1) is 5.41 Å². The predicted octanol–water partition coefficient (Wildman–Crippen LogP) is 2.41. The van der Waals surface area contributed by atoms with Gasteiger partial charge in [0.15, 0.2) is 23.0 Å². The predicted molar refractivity (Wildman–Crippen MR) is 97.9 cm³/mol. The zero-order valence-electron chi connectivity index (χ0n) is 16.1. The molecule has 0 saturated heterocycles. The van der Waals surface area contributed by atoms with Crippen LogP contribution in [-0.4, -0.2) is 55.2 Å². The normalized spacial score (nSPS) is 19.6. The number of hydrogen-bond acceptors (Lipinski definition) is 6. The molecule has 3 rings (SSSR count). The Morgan fingerprint density at radius 1 is 1.26 bits per heavy atom. The van der Waals surface area contributed by atoms with Crippen LogP contribution in [0.5, 0.6) is 11.5 Å². The van der Waals surface area contributed by atoms with Gasteiger partial charge in [-0.05, 0) is 17.7 Å². The van der Waals surface area contributed by atoms with Crippen LogP contribution >= 0.6 is 0 Å². The van der Waals surface area contributed by atoms with Gasteiger partial charge in [0.1, 0.15) is 13.2 Å². The Labute approximate surface area is 158 Å². The van der Waals surface area contributed by atoms with Crippen molar-refractivity contribution in [3.8, 4) is 11.5 Å². The number of Topliss-reactive ketones (excluding diaryl/α,β-unsaturated/α-hetero) is 1. The van der Waals surface area contributed by atoms with Gasteiger partial charge in [-0.1, -0.05) is 26.8 Å². The average Bonchev–Trinajstić information content (AvgIpc) is 2.89. The highest BCUT2D eigenvalue weighted by molar-refractivity contribution is 6.10. The molecule has 1 aromatic rings. The molecule has 0 radical (unpaired) electrons. The molecule has 0 bridgehead atoms. The second kappa shape index (κ2) is 7.23. The van der Waals surface area contributed by atoms with Crippen LogP contribution in [0.3, 0.4) is 0 Å². The SMILES string of the molecule is COCCN1C(=O)C(O)=C(C(=O)C(C)(C)C)C1c1ccc2c(c1)OCCO2. The number of rotatable bonds is 5. The van der Waals surface area contributed by atoms with Crippen molar-refractivity contribution in [2.75, 3.05) is 33.5 Å². The van der Waals surface area contributed by atoms with E-state index in [4.69, 9.17) is 14.2 Å². The van der Waals surface area contributed by atoms with Crippen LogP contribution in [0.25, 0.3) is 0 Å². The van der Waals surface area contributed by atoms with E-state index in [2.05, 4.69) is 0 Å². The number of hydrogen-bond donors (Lipinski definition) is 1. The highest BCUT2D eigenvalue weighted by atomic mass is 16.6. The molecule has 0 fully saturated rings. The lowest BCUT2D eigenvalue weighted by atomic mass is 9.82. The summed E-state index contributed by atoms with van der Waals surface area (Å²) in [4.78, 5) is 27.2. The molecule has 7 heteroatoms. The van der Waals surface area contributed by atoms with Gasteiger partial charge in [-0.25, -0.2) is 0 Å². The Hall–Kier alpha value is -2.54. The quantitative estimate of drug-likeness (QED) is 0.851. The van der Waals surface area contributed by atoms with Crippen molar-refractivity contribution in [3.63, 3.8) is 0 Å². The number of ether oxygens (including phenoxy) is 3. The van der Waals surface area contributed by atoms with Crippen molar-refractivity contribution >= 4 is 11.7 Å². The molecule has 2 aliphatic rings. The van der Waals surface area contributed by atoms with E-state index in [1.54, 1.807) is 39.0 Å². The number of benzene rings is 1. The Morgan fingerprint density at radius 2 is 1.93 bits per heavy atom. The molecule has 0 aromatic heterocycles. The minimum atomic E-state index is -0.743. The molecule has 1 amide bonds. The van der Waals surface area contributed by atoms with E-state index in [9.17, 15) is 14.7 Å². The molecule has 7 nitrogen and oxygen atoms in total. The summed E-state index contributed by atoms with van der Waals surface area (Å²) in [5, 5.41) is 10.5. The molecule has 1 N–H and O–H groups in total. The first-order valence-corrected chi connectivity index (χ1v) is 8.93. The number of aliphatic hydroxyl groups is 1. The van der Waals surface area contributed by atoms with E-state index in [-0.39, 0.29) is 24.5 Å². The lowest BCUT2D eigenvalue weighted by Gasteiger charge is -2.29. The second-order valence-electron chi connectivity index (χ2n) is 7.64. The Kier molecular flexibility index (Phi) is 5.15. The van der Waals surface area contributed by atoms with Crippen LogP contribution in [-0.2, 0) is 14.3 Å². The van der Waals surface area contributed by atoms with Crippen LogP contribution in [0.15, 0.2) is 29.5 Å². The molecule has 0 saturated carbocycles. The molecule has 0 aliphatic carbocycles. The van der Waals surface area contributed by atoms with Gasteiger partial charge in [-0.2, -0.15) is 0 Å². The number of aliphatic hydroxyl groups excluding tert-OH is 1. The zero-order chi connectivity index (χ0) is 19.8. The van der Waals surface area contributed by atoms with E-state index in [1.807, 2.05) is 0 Å². The average molecular weight is 375 g/mol. The fraction of sp³-hybridized carbons (Fsp3) is 0.500. The number of nitrogens with zero attached hydrogens (tertiary/aromatic N) is 1. The molecule has 1 atom stereocenters. The topological polar surface area (TPSA) is 85.3 Å². The fourth-order valence-corrected chi connectivity index (χ4v) is 3.29. The van der Waals surface area contributed by atoms with Crippen molar-refractivity contribution in [2.24, 2.45) is 5.41 Å². The van der Waals surface area contributed by atoms with Gasteiger partial charge in [0.05, 0.1) is 18.2 Å². The van der Waals surface area contributed by atoms with Crippen molar-refractivity contribution in [1.29, 1.82) is 0 Å². The lowest BCUT2D eigenvalue weighted by molar-refractivity contribution is -0.130. The van der Waals surface area contributed by atoms with Crippen LogP contribution in [0.1, 0.15) is 32.4 Å². The summed E-state index contributed by atoms with van der Waals surface area (Å²) in [6.07, 6.45) is 0. The van der Waals surface area contributed by atoms with E-state index >= 15 is 0 Å². The molecule has 27 heavy (non-hydrogen) atoms. The molecule has 0 spiro atoms. The third-order valence-corrected chi connectivity index (χ3v) is 4.65. The zero-order valence-corrected chi connectivity index (χ0v) is 16.1. The summed E-state index contributed by atoms with van der Waals surface area (Å²) in [5.41, 5.74) is 0.0491. The molecule has 2 heterocycles. The summed E-state index contributed by atoms with van der Waals surface area (Å²) in [7, 11) is 1.54. The summed E-state index contributed by atoms with van der Waals surface area (Å²) >= 11 is 0. The van der Waals surface area contributed by atoms with Crippen LogP contribution < -0.4 is 9.47 Å². The molecular weight excluding hydrogens is 350 g/mol. The number of carbonyl (C=O) groups is 2. The monoisotopic (exact) mass is 375 g/mol. The Bertz CT molecular complexity index is 792. The van der Waals surface area contributed by atoms with Crippen molar-refractivity contribution in [2.45, 2.75) is 26.8 Å². The summed E-state index contributed by atoms with van der Waals surface area (Å²) in [6.45, 7) is 6.73. The van der Waals surface area contributed by atoms with Gasteiger partial charge >= 0.3 is 0 Å². The third-order valence-electron chi connectivity index (χ3n) is 4.65. The Balaban J connectivity index is 2.08. The number of fused-ring (bicyclic) bond motifs is 1. The van der Waals surface area contributed by atoms with Crippen molar-refractivity contribution < 1.29 is 28.9 Å². The second-order valence-corrected chi connectivity index (χ2v) is 7.64. The first-order chi connectivity index (χ1) is 12.8. The maximum absolute atomic E-state index is 13.0. The summed E-state index contributed by atoms with van der Waals surface area (Å²) in [6, 6.07) is 4.62. The number of methoxy groups -OCH3 is 1. The number of carbonyl (C=O) groups excluding carboxylic acids is 2. The first-order valence-electron chi connectivity index (χ1n) is 8.93. The first kappa shape index (κ1) is 19.2. The van der Waals surface area contributed by atoms with Gasteiger partial charge in [0.25, 0.3) is 5.91 Å².